The maximum Gasteiger partial charge on any atom is 0.0676 e. The van der Waals surface area contributed by atoms with E-state index < -0.39 is 0 Å². The summed E-state index contributed by atoms with van der Waals surface area (Å²) in [5, 5.41) is 4.29. The molecule has 4 heteroatoms. The molecule has 15 heavy (non-hydrogen) atoms. The summed E-state index contributed by atoms with van der Waals surface area (Å²) < 4.78 is 1.85. The lowest BCUT2D eigenvalue weighted by Crippen LogP contribution is -1.93. The van der Waals surface area contributed by atoms with Crippen molar-refractivity contribution in [2.75, 3.05) is 5.88 Å². The van der Waals surface area contributed by atoms with Gasteiger partial charge in [0.05, 0.1) is 11.9 Å². The molecule has 0 aliphatic carbocycles. The van der Waals surface area contributed by atoms with Gasteiger partial charge in [0.25, 0.3) is 0 Å². The normalized spacial score (nSPS) is 10.5. The van der Waals surface area contributed by atoms with Gasteiger partial charge < -0.3 is 0 Å². The van der Waals surface area contributed by atoms with Gasteiger partial charge in [0.2, 0.25) is 0 Å². The van der Waals surface area contributed by atoms with Crippen LogP contribution in [0.1, 0.15) is 12.0 Å². The molecule has 0 saturated heterocycles. The predicted molar refractivity (Wildman–Crippen MR) is 60.4 cm³/mol. The monoisotopic (exact) mass is 221 g/mol. The fourth-order valence-electron chi connectivity index (χ4n) is 1.40. The Hall–Kier alpha value is -1.35. The largest absolute Gasteiger partial charge is 0.265 e. The Kier molecular flexibility index (Phi) is 3.35. The van der Waals surface area contributed by atoms with Crippen LogP contribution >= 0.6 is 11.6 Å². The highest BCUT2D eigenvalue weighted by molar-refractivity contribution is 6.17. The van der Waals surface area contributed by atoms with Gasteiger partial charge >= 0.3 is 0 Å². The highest BCUT2D eigenvalue weighted by atomic mass is 35.5. The Bertz CT molecular complexity index is 411. The van der Waals surface area contributed by atoms with Crippen molar-refractivity contribution in [2.45, 2.75) is 12.8 Å². The molecule has 3 nitrogen and oxygen atoms in total. The molecule has 0 aliphatic rings. The Balaban J connectivity index is 2.14. The van der Waals surface area contributed by atoms with Crippen molar-refractivity contribution in [3.8, 4) is 5.69 Å². The maximum absolute atomic E-state index is 5.64. The summed E-state index contributed by atoms with van der Waals surface area (Å²) in [6.07, 6.45) is 9.40. The van der Waals surface area contributed by atoms with Crippen LogP contribution in [-0.4, -0.2) is 20.6 Å². The van der Waals surface area contributed by atoms with Gasteiger partial charge in [-0.15, -0.1) is 11.6 Å². The second kappa shape index (κ2) is 4.94. The number of aryl methyl sites for hydroxylation is 1. The minimum Gasteiger partial charge on any atom is -0.265 e. The van der Waals surface area contributed by atoms with Crippen molar-refractivity contribution in [3.63, 3.8) is 0 Å². The Morgan fingerprint density at radius 3 is 2.80 bits per heavy atom. The highest BCUT2D eigenvalue weighted by Gasteiger charge is 1.99. The number of aromatic nitrogens is 3. The molecular formula is C11H12ClN3. The second-order valence-corrected chi connectivity index (χ2v) is 3.67. The van der Waals surface area contributed by atoms with Crippen LogP contribution in [0.25, 0.3) is 5.69 Å². The molecule has 0 atom stereocenters. The number of pyridine rings is 1. The van der Waals surface area contributed by atoms with E-state index >= 15 is 0 Å². The van der Waals surface area contributed by atoms with Gasteiger partial charge in [0.1, 0.15) is 0 Å². The van der Waals surface area contributed by atoms with Crippen LogP contribution in [0.3, 0.4) is 0 Å². The van der Waals surface area contributed by atoms with Crippen LogP contribution in [0.4, 0.5) is 0 Å². The molecule has 0 spiro atoms. The van der Waals surface area contributed by atoms with Gasteiger partial charge in [0.15, 0.2) is 0 Å². The van der Waals surface area contributed by atoms with E-state index in [1.807, 2.05) is 29.2 Å². The average molecular weight is 222 g/mol. The van der Waals surface area contributed by atoms with E-state index in [2.05, 4.69) is 10.1 Å². The minimum atomic E-state index is 0.695. The molecule has 0 amide bonds. The zero-order valence-electron chi connectivity index (χ0n) is 8.31. The Morgan fingerprint density at radius 2 is 2.07 bits per heavy atom. The fourth-order valence-corrected chi connectivity index (χ4v) is 1.53. The third kappa shape index (κ3) is 2.57. The second-order valence-electron chi connectivity index (χ2n) is 3.29. The van der Waals surface area contributed by atoms with Crippen molar-refractivity contribution in [1.82, 2.24) is 14.8 Å². The Labute approximate surface area is 93.7 Å². The van der Waals surface area contributed by atoms with Crippen LogP contribution in [-0.2, 0) is 6.42 Å². The van der Waals surface area contributed by atoms with Crippen LogP contribution in [0.2, 0.25) is 0 Å². The van der Waals surface area contributed by atoms with Gasteiger partial charge in [-0.25, -0.2) is 4.68 Å². The summed E-state index contributed by atoms with van der Waals surface area (Å²) in [6.45, 7) is 0. The van der Waals surface area contributed by atoms with Gasteiger partial charge in [0, 0.05) is 24.5 Å². The molecule has 2 aromatic rings. The fraction of sp³-hybridized carbons (Fsp3) is 0.273. The lowest BCUT2D eigenvalue weighted by atomic mass is 10.2. The molecule has 2 rings (SSSR count). The molecule has 0 bridgehead atoms. The summed E-state index contributed by atoms with van der Waals surface area (Å²) >= 11 is 5.64. The van der Waals surface area contributed by atoms with Crippen molar-refractivity contribution >= 4 is 11.6 Å². The first kappa shape index (κ1) is 10.2. The van der Waals surface area contributed by atoms with Crippen LogP contribution in [0, 0.1) is 0 Å². The topological polar surface area (TPSA) is 30.7 Å². The Morgan fingerprint density at radius 1 is 1.27 bits per heavy atom. The average Bonchev–Trinajstić information content (AvgIpc) is 2.76. The van der Waals surface area contributed by atoms with E-state index in [1.165, 1.54) is 5.56 Å². The summed E-state index contributed by atoms with van der Waals surface area (Å²) in [6, 6.07) is 3.86. The maximum atomic E-state index is 5.64. The van der Waals surface area contributed by atoms with Crippen LogP contribution < -0.4 is 0 Å². The summed E-state index contributed by atoms with van der Waals surface area (Å²) in [5.74, 6) is 0.695. The molecule has 2 heterocycles. The zero-order valence-corrected chi connectivity index (χ0v) is 9.06. The molecule has 0 aromatic carbocycles. The number of nitrogens with zero attached hydrogens (tertiary/aromatic N) is 3. The van der Waals surface area contributed by atoms with Crippen LogP contribution in [0.15, 0.2) is 36.9 Å². The summed E-state index contributed by atoms with van der Waals surface area (Å²) in [7, 11) is 0. The molecule has 0 radical (unpaired) electrons. The van der Waals surface area contributed by atoms with Gasteiger partial charge in [-0.1, -0.05) is 0 Å². The molecular weight excluding hydrogens is 210 g/mol. The number of hydrogen-bond acceptors (Lipinski definition) is 2. The summed E-state index contributed by atoms with van der Waals surface area (Å²) in [4.78, 5) is 3.97. The lowest BCUT2D eigenvalue weighted by molar-refractivity contribution is 0.875. The third-order valence-corrected chi connectivity index (χ3v) is 2.43. The minimum absolute atomic E-state index is 0.695. The third-order valence-electron chi connectivity index (χ3n) is 2.16. The van der Waals surface area contributed by atoms with E-state index in [9.17, 15) is 0 Å². The first-order chi connectivity index (χ1) is 7.40. The van der Waals surface area contributed by atoms with E-state index in [0.29, 0.717) is 5.88 Å². The van der Waals surface area contributed by atoms with Crippen molar-refractivity contribution in [2.24, 2.45) is 0 Å². The highest BCUT2D eigenvalue weighted by Crippen LogP contribution is 2.08. The smallest absolute Gasteiger partial charge is 0.0676 e. The van der Waals surface area contributed by atoms with Gasteiger partial charge in [-0.3, -0.25) is 4.98 Å². The first-order valence-corrected chi connectivity index (χ1v) is 5.43. The first-order valence-electron chi connectivity index (χ1n) is 4.90. The molecule has 0 fully saturated rings. The number of rotatable bonds is 4. The number of alkyl halides is 1. The lowest BCUT2D eigenvalue weighted by Gasteiger charge is -1.98. The quantitative estimate of drug-likeness (QED) is 0.743. The van der Waals surface area contributed by atoms with Crippen molar-refractivity contribution < 1.29 is 0 Å². The van der Waals surface area contributed by atoms with E-state index in [0.717, 1.165) is 18.5 Å². The molecule has 0 N–H and O–H groups in total. The molecule has 0 aliphatic heterocycles. The van der Waals surface area contributed by atoms with E-state index in [4.69, 9.17) is 11.6 Å². The SMILES string of the molecule is ClCCCc1cnn(-c2ccncc2)c1. The van der Waals surface area contributed by atoms with E-state index in [-0.39, 0.29) is 0 Å². The molecule has 0 unspecified atom stereocenters. The van der Waals surface area contributed by atoms with E-state index in [1.54, 1.807) is 12.4 Å². The number of halogens is 1. The molecule has 78 valence electrons. The van der Waals surface area contributed by atoms with Crippen molar-refractivity contribution in [1.29, 1.82) is 0 Å². The summed E-state index contributed by atoms with van der Waals surface area (Å²) in [5.41, 5.74) is 2.24. The van der Waals surface area contributed by atoms with Crippen LogP contribution in [0.5, 0.6) is 0 Å². The number of hydrogen-bond donors (Lipinski definition) is 0. The molecule has 0 saturated carbocycles. The molecule has 2 aromatic heterocycles. The standard InChI is InChI=1S/C11H12ClN3/c12-5-1-2-10-8-14-15(9-10)11-3-6-13-7-4-11/h3-4,6-9H,1-2,5H2. The predicted octanol–water partition coefficient (Wildman–Crippen LogP) is 2.44. The van der Waals surface area contributed by atoms with Gasteiger partial charge in [-0.05, 0) is 30.5 Å². The zero-order chi connectivity index (χ0) is 10.5. The van der Waals surface area contributed by atoms with Gasteiger partial charge in [-0.2, -0.15) is 5.10 Å². The van der Waals surface area contributed by atoms with Crippen molar-refractivity contribution in [3.05, 3.63) is 42.5 Å².